The van der Waals surface area contributed by atoms with Gasteiger partial charge in [0.2, 0.25) is 0 Å². The van der Waals surface area contributed by atoms with Crippen molar-refractivity contribution in [3.8, 4) is 0 Å². The first kappa shape index (κ1) is 6.59. The van der Waals surface area contributed by atoms with Gasteiger partial charge < -0.3 is 5.32 Å². The second-order valence-corrected chi connectivity index (χ2v) is 2.59. The Morgan fingerprint density at radius 2 is 2.56 bits per heavy atom. The molecule has 1 aliphatic rings. The Hall–Kier alpha value is -0.530. The Morgan fingerprint density at radius 3 is 3.00 bits per heavy atom. The van der Waals surface area contributed by atoms with Crippen LogP contribution in [0.2, 0.25) is 0 Å². The van der Waals surface area contributed by atoms with Crippen molar-refractivity contribution in [3.05, 3.63) is 0 Å². The molecule has 1 saturated heterocycles. The van der Waals surface area contributed by atoms with Crippen molar-refractivity contribution in [2.24, 2.45) is 5.92 Å². The van der Waals surface area contributed by atoms with E-state index in [2.05, 4.69) is 12.2 Å². The van der Waals surface area contributed by atoms with Crippen molar-refractivity contribution in [3.63, 3.8) is 0 Å². The zero-order valence-electron chi connectivity index (χ0n) is 5.91. The maximum atomic E-state index is 7.43. The number of hydrogen-bond acceptors (Lipinski definition) is 1. The lowest BCUT2D eigenvalue weighted by Crippen LogP contribution is -2.35. The van der Waals surface area contributed by atoms with Crippen molar-refractivity contribution in [2.75, 3.05) is 6.54 Å². The van der Waals surface area contributed by atoms with Crippen LogP contribution in [0, 0.1) is 11.3 Å². The van der Waals surface area contributed by atoms with Crippen LogP contribution in [0.5, 0.6) is 0 Å². The summed E-state index contributed by atoms with van der Waals surface area (Å²) >= 11 is 0. The average Bonchev–Trinajstić information content (AvgIpc) is 1.89. The predicted molar refractivity (Wildman–Crippen MR) is 38.7 cm³/mol. The molecule has 0 radical (unpaired) electrons. The van der Waals surface area contributed by atoms with Crippen LogP contribution in [0.4, 0.5) is 0 Å². The molecule has 0 bridgehead atoms. The van der Waals surface area contributed by atoms with E-state index in [4.69, 9.17) is 5.41 Å². The van der Waals surface area contributed by atoms with Gasteiger partial charge in [-0.25, -0.2) is 0 Å². The van der Waals surface area contributed by atoms with Gasteiger partial charge >= 0.3 is 0 Å². The van der Waals surface area contributed by atoms with Gasteiger partial charge in [0, 0.05) is 12.5 Å². The maximum Gasteiger partial charge on any atom is 0.0963 e. The van der Waals surface area contributed by atoms with E-state index in [0.29, 0.717) is 5.92 Å². The SMILES string of the molecule is CCC1CCCNC1=N. The minimum Gasteiger partial charge on any atom is -0.374 e. The summed E-state index contributed by atoms with van der Waals surface area (Å²) in [6.45, 7) is 3.15. The van der Waals surface area contributed by atoms with Crippen molar-refractivity contribution in [1.29, 1.82) is 5.41 Å². The number of nitrogens with one attached hydrogen (secondary N) is 2. The first-order chi connectivity index (χ1) is 4.34. The Balaban J connectivity index is 2.39. The van der Waals surface area contributed by atoms with E-state index in [0.717, 1.165) is 18.8 Å². The van der Waals surface area contributed by atoms with Crippen molar-refractivity contribution < 1.29 is 0 Å². The van der Waals surface area contributed by atoms with E-state index in [9.17, 15) is 0 Å². The summed E-state index contributed by atoms with van der Waals surface area (Å²) in [6.07, 6.45) is 3.56. The highest BCUT2D eigenvalue weighted by Crippen LogP contribution is 2.13. The first-order valence-electron chi connectivity index (χ1n) is 3.67. The molecule has 0 saturated carbocycles. The minimum absolute atomic E-state index is 0.527. The molecule has 1 aliphatic heterocycles. The van der Waals surface area contributed by atoms with Gasteiger partial charge in [-0.3, -0.25) is 5.41 Å². The number of piperidine rings is 1. The van der Waals surface area contributed by atoms with Crippen LogP contribution < -0.4 is 5.32 Å². The highest BCUT2D eigenvalue weighted by Gasteiger charge is 2.15. The summed E-state index contributed by atoms with van der Waals surface area (Å²) in [6, 6.07) is 0. The van der Waals surface area contributed by atoms with Crippen LogP contribution in [0.1, 0.15) is 26.2 Å². The molecule has 2 heteroatoms. The monoisotopic (exact) mass is 126 g/mol. The van der Waals surface area contributed by atoms with E-state index in [1.54, 1.807) is 0 Å². The molecule has 0 aromatic carbocycles. The molecule has 52 valence electrons. The quantitative estimate of drug-likeness (QED) is 0.547. The van der Waals surface area contributed by atoms with Crippen molar-refractivity contribution in [1.82, 2.24) is 5.32 Å². The molecule has 9 heavy (non-hydrogen) atoms. The van der Waals surface area contributed by atoms with Gasteiger partial charge in [0.15, 0.2) is 0 Å². The smallest absolute Gasteiger partial charge is 0.0963 e. The average molecular weight is 126 g/mol. The molecule has 1 atom stereocenters. The normalized spacial score (nSPS) is 27.7. The van der Waals surface area contributed by atoms with Gasteiger partial charge in [-0.15, -0.1) is 0 Å². The first-order valence-corrected chi connectivity index (χ1v) is 3.67. The van der Waals surface area contributed by atoms with Crippen molar-refractivity contribution >= 4 is 5.84 Å². The molecule has 0 spiro atoms. The lowest BCUT2D eigenvalue weighted by atomic mass is 9.96. The van der Waals surface area contributed by atoms with Gasteiger partial charge in [-0.2, -0.15) is 0 Å². The second-order valence-electron chi connectivity index (χ2n) is 2.59. The lowest BCUT2D eigenvalue weighted by molar-refractivity contribution is 0.510. The van der Waals surface area contributed by atoms with Crippen LogP contribution >= 0.6 is 0 Å². The van der Waals surface area contributed by atoms with Crippen LogP contribution in [0.25, 0.3) is 0 Å². The molecule has 2 nitrogen and oxygen atoms in total. The minimum atomic E-state index is 0.527. The summed E-state index contributed by atoms with van der Waals surface area (Å²) in [5, 5.41) is 10.5. The molecule has 1 heterocycles. The molecular weight excluding hydrogens is 112 g/mol. The van der Waals surface area contributed by atoms with Gasteiger partial charge in [0.05, 0.1) is 5.84 Å². The fraction of sp³-hybridized carbons (Fsp3) is 0.857. The van der Waals surface area contributed by atoms with Gasteiger partial charge in [0.25, 0.3) is 0 Å². The number of amidine groups is 1. The highest BCUT2D eigenvalue weighted by atomic mass is 14.9. The largest absolute Gasteiger partial charge is 0.374 e. The zero-order valence-corrected chi connectivity index (χ0v) is 5.91. The van der Waals surface area contributed by atoms with Gasteiger partial charge in [-0.1, -0.05) is 6.92 Å². The Labute approximate surface area is 56.2 Å². The topological polar surface area (TPSA) is 35.9 Å². The lowest BCUT2D eigenvalue weighted by Gasteiger charge is -2.22. The predicted octanol–water partition coefficient (Wildman–Crippen LogP) is 1.37. The summed E-state index contributed by atoms with van der Waals surface area (Å²) in [4.78, 5) is 0. The molecule has 2 N–H and O–H groups in total. The summed E-state index contributed by atoms with van der Waals surface area (Å²) < 4.78 is 0. The Bertz CT molecular complexity index is 109. The molecule has 0 aromatic heterocycles. The van der Waals surface area contributed by atoms with E-state index in [1.807, 2.05) is 0 Å². The third-order valence-electron chi connectivity index (χ3n) is 1.95. The standard InChI is InChI=1S/C7H14N2/c1-2-6-4-3-5-9-7(6)8/h6H,2-5H2,1H3,(H2,8,9). The molecule has 1 rings (SSSR count). The van der Waals surface area contributed by atoms with Gasteiger partial charge in [0.1, 0.15) is 0 Å². The van der Waals surface area contributed by atoms with Crippen LogP contribution in [0.15, 0.2) is 0 Å². The van der Waals surface area contributed by atoms with E-state index in [-0.39, 0.29) is 0 Å². The molecule has 0 aromatic rings. The number of hydrogen-bond donors (Lipinski definition) is 2. The van der Waals surface area contributed by atoms with E-state index < -0.39 is 0 Å². The van der Waals surface area contributed by atoms with Crippen LogP contribution in [-0.2, 0) is 0 Å². The van der Waals surface area contributed by atoms with Crippen LogP contribution in [-0.4, -0.2) is 12.4 Å². The fourth-order valence-electron chi connectivity index (χ4n) is 1.27. The molecule has 0 amide bonds. The van der Waals surface area contributed by atoms with E-state index >= 15 is 0 Å². The molecule has 1 unspecified atom stereocenters. The Kier molecular flexibility index (Phi) is 2.09. The molecule has 1 fully saturated rings. The highest BCUT2D eigenvalue weighted by molar-refractivity contribution is 5.81. The zero-order chi connectivity index (χ0) is 6.69. The van der Waals surface area contributed by atoms with Crippen molar-refractivity contribution in [2.45, 2.75) is 26.2 Å². The van der Waals surface area contributed by atoms with Gasteiger partial charge in [-0.05, 0) is 19.3 Å². The summed E-state index contributed by atoms with van der Waals surface area (Å²) in [5.41, 5.74) is 0. The third-order valence-corrected chi connectivity index (χ3v) is 1.95. The fourth-order valence-corrected chi connectivity index (χ4v) is 1.27. The maximum absolute atomic E-state index is 7.43. The van der Waals surface area contributed by atoms with Crippen LogP contribution in [0.3, 0.4) is 0 Å². The number of rotatable bonds is 1. The molecular formula is C7H14N2. The summed E-state index contributed by atoms with van der Waals surface area (Å²) in [5.74, 6) is 1.28. The molecule has 0 aliphatic carbocycles. The van der Waals surface area contributed by atoms with E-state index in [1.165, 1.54) is 12.8 Å². The summed E-state index contributed by atoms with van der Waals surface area (Å²) in [7, 11) is 0. The Morgan fingerprint density at radius 1 is 1.78 bits per heavy atom. The third kappa shape index (κ3) is 1.44. The second kappa shape index (κ2) is 2.85.